The second-order valence-corrected chi connectivity index (χ2v) is 8.53. The fourth-order valence-electron chi connectivity index (χ4n) is 3.67. The number of aryl methyl sites for hydroxylation is 1. The van der Waals surface area contributed by atoms with Crippen molar-refractivity contribution in [1.82, 2.24) is 24.1 Å². The highest BCUT2D eigenvalue weighted by atomic mass is 79.9. The van der Waals surface area contributed by atoms with Crippen LogP contribution in [0.1, 0.15) is 23.9 Å². The minimum absolute atomic E-state index is 0.296. The molecule has 1 aliphatic rings. The maximum absolute atomic E-state index is 13.3. The summed E-state index contributed by atoms with van der Waals surface area (Å²) >= 11 is 4.72. The Labute approximate surface area is 177 Å². The molecule has 8 nitrogen and oxygen atoms in total. The summed E-state index contributed by atoms with van der Waals surface area (Å²) in [5, 5.41) is 5.49. The zero-order chi connectivity index (χ0) is 20.0. The van der Waals surface area contributed by atoms with Crippen molar-refractivity contribution in [3.05, 3.63) is 68.6 Å². The van der Waals surface area contributed by atoms with Crippen molar-refractivity contribution in [1.29, 1.82) is 0 Å². The zero-order valence-electron chi connectivity index (χ0n) is 15.1. The first-order valence-electron chi connectivity index (χ1n) is 9.02. The lowest BCUT2D eigenvalue weighted by Gasteiger charge is -2.18. The predicted octanol–water partition coefficient (Wildman–Crippen LogP) is 2.99. The van der Waals surface area contributed by atoms with E-state index in [-0.39, 0.29) is 11.5 Å². The highest BCUT2D eigenvalue weighted by Gasteiger charge is 2.32. The van der Waals surface area contributed by atoms with Crippen LogP contribution < -0.4 is 10.9 Å². The molecule has 10 heteroatoms. The van der Waals surface area contributed by atoms with Gasteiger partial charge in [0, 0.05) is 28.3 Å². The van der Waals surface area contributed by atoms with Crippen molar-refractivity contribution < 1.29 is 4.79 Å². The Morgan fingerprint density at radius 2 is 2.14 bits per heavy atom. The number of rotatable bonds is 4. The molecule has 4 heterocycles. The van der Waals surface area contributed by atoms with Gasteiger partial charge in [0.05, 0.1) is 29.3 Å². The summed E-state index contributed by atoms with van der Waals surface area (Å²) in [4.78, 5) is 39.6. The van der Waals surface area contributed by atoms with Crippen molar-refractivity contribution in [3.8, 4) is 0 Å². The Bertz CT molecular complexity index is 1280. The molecule has 0 bridgehead atoms. The smallest absolute Gasteiger partial charge is 0.262 e. The number of thiazole rings is 1. The summed E-state index contributed by atoms with van der Waals surface area (Å²) < 4.78 is 4.17. The molecule has 0 fully saturated rings. The molecule has 0 spiro atoms. The maximum Gasteiger partial charge on any atom is 0.262 e. The number of hydrogen-bond acceptors (Lipinski definition) is 6. The highest BCUT2D eigenvalue weighted by molar-refractivity contribution is 9.10. The number of nitrogens with zero attached hydrogens (tertiary/aromatic N) is 5. The summed E-state index contributed by atoms with van der Waals surface area (Å²) in [5.41, 5.74) is 1.83. The Hall–Kier alpha value is -2.85. The summed E-state index contributed by atoms with van der Waals surface area (Å²) in [6.07, 6.45) is 6.58. The van der Waals surface area contributed by atoms with E-state index in [2.05, 4.69) is 36.2 Å². The molecule has 0 radical (unpaired) electrons. The van der Waals surface area contributed by atoms with Gasteiger partial charge in [0.15, 0.2) is 11.2 Å². The number of amides is 1. The van der Waals surface area contributed by atoms with E-state index in [0.29, 0.717) is 21.7 Å². The van der Waals surface area contributed by atoms with E-state index in [1.807, 2.05) is 10.6 Å². The molecule has 1 unspecified atom stereocenters. The number of aromatic nitrogens is 5. The van der Waals surface area contributed by atoms with Crippen LogP contribution in [0.5, 0.6) is 0 Å². The summed E-state index contributed by atoms with van der Waals surface area (Å²) in [6.45, 7) is 0.862. The molecule has 3 aromatic heterocycles. The van der Waals surface area contributed by atoms with Gasteiger partial charge in [-0.1, -0.05) is 15.9 Å². The van der Waals surface area contributed by atoms with Gasteiger partial charge < -0.3 is 4.57 Å². The van der Waals surface area contributed by atoms with Crippen LogP contribution in [0.4, 0.5) is 5.13 Å². The van der Waals surface area contributed by atoms with Gasteiger partial charge in [0.1, 0.15) is 0 Å². The van der Waals surface area contributed by atoms with Gasteiger partial charge in [0.25, 0.3) is 11.5 Å². The number of anilines is 1. The van der Waals surface area contributed by atoms with Gasteiger partial charge >= 0.3 is 0 Å². The molecule has 1 N–H and O–H groups in total. The van der Waals surface area contributed by atoms with Crippen LogP contribution >= 0.6 is 27.3 Å². The van der Waals surface area contributed by atoms with Gasteiger partial charge in [-0.25, -0.2) is 15.0 Å². The lowest BCUT2D eigenvalue weighted by Crippen LogP contribution is -2.35. The van der Waals surface area contributed by atoms with Crippen LogP contribution in [-0.2, 0) is 17.8 Å². The number of carbonyl (C=O) groups excluding carboxylic acids is 1. The molecule has 1 atom stereocenters. The van der Waals surface area contributed by atoms with Crippen molar-refractivity contribution in [3.63, 3.8) is 0 Å². The standard InChI is InChI=1S/C19H15BrN6O2S/c20-11-3-4-13-12(8-11)18(28)26(10-22-13)16(17(27)24-19-21-5-7-29-19)15-14-2-1-6-25(14)9-23-15/h3-5,7-10,16H,1-2,6H2,(H,21,24,27). The average Bonchev–Trinajstić information content (AvgIpc) is 3.44. The van der Waals surface area contributed by atoms with E-state index < -0.39 is 6.04 Å². The summed E-state index contributed by atoms with van der Waals surface area (Å²) in [7, 11) is 0. The SMILES string of the molecule is O=C(Nc1nccs1)C(c1ncn2c1CCC2)n1cnc2ccc(Br)cc2c1=O. The molecule has 1 aliphatic heterocycles. The van der Waals surface area contributed by atoms with Crippen molar-refractivity contribution in [2.45, 2.75) is 25.4 Å². The number of benzene rings is 1. The lowest BCUT2D eigenvalue weighted by molar-refractivity contribution is -0.118. The van der Waals surface area contributed by atoms with Crippen LogP contribution in [-0.4, -0.2) is 30.0 Å². The molecule has 1 amide bonds. The van der Waals surface area contributed by atoms with Gasteiger partial charge in [-0.3, -0.25) is 19.5 Å². The van der Waals surface area contributed by atoms with Crippen LogP contribution in [0.25, 0.3) is 10.9 Å². The fraction of sp³-hybridized carbons (Fsp3) is 0.211. The molecular weight excluding hydrogens is 456 g/mol. The molecular formula is C19H15BrN6O2S. The normalized spacial score (nSPS) is 14.1. The summed E-state index contributed by atoms with van der Waals surface area (Å²) in [6, 6.07) is 4.38. The van der Waals surface area contributed by atoms with E-state index in [4.69, 9.17) is 0 Å². The number of carbonyl (C=O) groups is 1. The molecule has 4 aromatic rings. The number of fused-ring (bicyclic) bond motifs is 2. The summed E-state index contributed by atoms with van der Waals surface area (Å²) in [5.74, 6) is -0.369. The van der Waals surface area contributed by atoms with Gasteiger partial charge in [0.2, 0.25) is 0 Å². The van der Waals surface area contributed by atoms with E-state index in [1.165, 1.54) is 22.2 Å². The molecule has 146 valence electrons. The predicted molar refractivity (Wildman–Crippen MR) is 113 cm³/mol. The van der Waals surface area contributed by atoms with Crippen LogP contribution in [0.2, 0.25) is 0 Å². The first-order chi connectivity index (χ1) is 14.1. The van der Waals surface area contributed by atoms with Crippen LogP contribution in [0, 0.1) is 0 Å². The zero-order valence-corrected chi connectivity index (χ0v) is 17.5. The number of hydrogen-bond donors (Lipinski definition) is 1. The number of imidazole rings is 1. The average molecular weight is 471 g/mol. The number of nitrogens with one attached hydrogen (secondary N) is 1. The molecule has 5 rings (SSSR count). The minimum atomic E-state index is -0.934. The van der Waals surface area contributed by atoms with Crippen molar-refractivity contribution in [2.24, 2.45) is 0 Å². The quantitative estimate of drug-likeness (QED) is 0.494. The van der Waals surface area contributed by atoms with Crippen molar-refractivity contribution in [2.75, 3.05) is 5.32 Å². The topological polar surface area (TPSA) is 94.7 Å². The fourth-order valence-corrected chi connectivity index (χ4v) is 4.56. The Morgan fingerprint density at radius 1 is 1.24 bits per heavy atom. The lowest BCUT2D eigenvalue weighted by atomic mass is 10.1. The molecule has 0 aliphatic carbocycles. The third-order valence-corrected chi connectivity index (χ3v) is 6.17. The monoisotopic (exact) mass is 470 g/mol. The van der Waals surface area contributed by atoms with Crippen LogP contribution in [0.3, 0.4) is 0 Å². The highest BCUT2D eigenvalue weighted by Crippen LogP contribution is 2.27. The number of halogens is 1. The Balaban J connectivity index is 1.67. The van der Waals surface area contributed by atoms with E-state index in [1.54, 1.807) is 30.0 Å². The minimum Gasteiger partial charge on any atom is -0.334 e. The maximum atomic E-state index is 13.3. The Morgan fingerprint density at radius 3 is 2.97 bits per heavy atom. The second-order valence-electron chi connectivity index (χ2n) is 6.72. The van der Waals surface area contributed by atoms with E-state index in [0.717, 1.165) is 29.6 Å². The van der Waals surface area contributed by atoms with Gasteiger partial charge in [-0.2, -0.15) is 0 Å². The van der Waals surface area contributed by atoms with Gasteiger partial charge in [-0.05, 0) is 31.0 Å². The second kappa shape index (κ2) is 7.20. The third-order valence-electron chi connectivity index (χ3n) is 4.98. The first kappa shape index (κ1) is 18.2. The van der Waals surface area contributed by atoms with E-state index in [9.17, 15) is 9.59 Å². The molecule has 0 saturated heterocycles. The first-order valence-corrected chi connectivity index (χ1v) is 10.7. The van der Waals surface area contributed by atoms with Gasteiger partial charge in [-0.15, -0.1) is 11.3 Å². The molecule has 29 heavy (non-hydrogen) atoms. The van der Waals surface area contributed by atoms with Crippen molar-refractivity contribution >= 4 is 49.2 Å². The Kier molecular flexibility index (Phi) is 4.51. The molecule has 1 aromatic carbocycles. The van der Waals surface area contributed by atoms with Crippen LogP contribution in [0.15, 0.2) is 51.7 Å². The largest absolute Gasteiger partial charge is 0.334 e. The molecule has 0 saturated carbocycles. The third kappa shape index (κ3) is 3.18. The van der Waals surface area contributed by atoms with E-state index >= 15 is 0 Å².